The first-order valence-electron chi connectivity index (χ1n) is 6.91. The fourth-order valence-corrected chi connectivity index (χ4v) is 2.14. The van der Waals surface area contributed by atoms with E-state index < -0.39 is 0 Å². The van der Waals surface area contributed by atoms with Crippen LogP contribution in [-0.2, 0) is 11.3 Å². The zero-order valence-corrected chi connectivity index (χ0v) is 12.4. The SMILES string of the molecule is COc1ccc(NC(=O)Cn2cnc3ncccc3c2=O)cc1. The molecule has 0 saturated carbocycles. The number of ether oxygens (including phenoxy) is 1. The quantitative estimate of drug-likeness (QED) is 0.788. The van der Waals surface area contributed by atoms with Gasteiger partial charge in [0.25, 0.3) is 5.56 Å². The van der Waals surface area contributed by atoms with E-state index in [9.17, 15) is 9.59 Å². The van der Waals surface area contributed by atoms with E-state index in [1.165, 1.54) is 10.9 Å². The first-order chi connectivity index (χ1) is 11.2. The highest BCUT2D eigenvalue weighted by Crippen LogP contribution is 2.14. The van der Waals surface area contributed by atoms with Crippen molar-refractivity contribution in [1.29, 1.82) is 0 Å². The molecule has 7 heteroatoms. The lowest BCUT2D eigenvalue weighted by atomic mass is 10.3. The summed E-state index contributed by atoms with van der Waals surface area (Å²) in [5.41, 5.74) is 0.691. The van der Waals surface area contributed by atoms with E-state index >= 15 is 0 Å². The van der Waals surface area contributed by atoms with Crippen molar-refractivity contribution in [1.82, 2.24) is 14.5 Å². The zero-order valence-electron chi connectivity index (χ0n) is 12.4. The molecule has 0 atom stereocenters. The Morgan fingerprint density at radius 1 is 1.22 bits per heavy atom. The van der Waals surface area contributed by atoms with E-state index in [1.54, 1.807) is 49.7 Å². The van der Waals surface area contributed by atoms with Crippen LogP contribution in [0.1, 0.15) is 0 Å². The van der Waals surface area contributed by atoms with Crippen molar-refractivity contribution in [3.05, 3.63) is 59.3 Å². The lowest BCUT2D eigenvalue weighted by molar-refractivity contribution is -0.116. The minimum Gasteiger partial charge on any atom is -0.497 e. The maximum absolute atomic E-state index is 12.3. The summed E-state index contributed by atoms with van der Waals surface area (Å²) in [6.07, 6.45) is 2.89. The standard InChI is InChI=1S/C16H14N4O3/c1-23-12-6-4-11(5-7-12)19-14(21)9-20-10-18-15-13(16(20)22)3-2-8-17-15/h2-8,10H,9H2,1H3,(H,19,21). The van der Waals surface area contributed by atoms with Crippen molar-refractivity contribution in [2.24, 2.45) is 0 Å². The van der Waals surface area contributed by atoms with Crippen LogP contribution in [0.2, 0.25) is 0 Å². The van der Waals surface area contributed by atoms with Crippen LogP contribution in [0.5, 0.6) is 5.75 Å². The Labute approximate surface area is 131 Å². The third kappa shape index (κ3) is 3.18. The monoisotopic (exact) mass is 310 g/mol. The molecule has 0 saturated heterocycles. The molecule has 1 N–H and O–H groups in total. The zero-order chi connectivity index (χ0) is 16.2. The largest absolute Gasteiger partial charge is 0.497 e. The fraction of sp³-hybridized carbons (Fsp3) is 0.125. The van der Waals surface area contributed by atoms with E-state index in [4.69, 9.17) is 4.74 Å². The Hall–Kier alpha value is -3.22. The Balaban J connectivity index is 1.77. The Kier molecular flexibility index (Phi) is 4.01. The normalized spacial score (nSPS) is 10.5. The number of nitrogens with zero attached hydrogens (tertiary/aromatic N) is 3. The van der Waals surface area contributed by atoms with Gasteiger partial charge in [0.2, 0.25) is 5.91 Å². The number of aromatic nitrogens is 3. The van der Waals surface area contributed by atoms with Crippen LogP contribution in [0.25, 0.3) is 11.0 Å². The minimum atomic E-state index is -0.317. The molecule has 0 spiro atoms. The highest BCUT2D eigenvalue weighted by atomic mass is 16.5. The predicted octanol–water partition coefficient (Wildman–Crippen LogP) is 1.44. The molecule has 7 nitrogen and oxygen atoms in total. The van der Waals surface area contributed by atoms with Crippen LogP contribution >= 0.6 is 0 Å². The van der Waals surface area contributed by atoms with Gasteiger partial charge in [-0.1, -0.05) is 0 Å². The molecule has 0 radical (unpaired) electrons. The molecule has 0 aliphatic carbocycles. The number of methoxy groups -OCH3 is 1. The number of carbonyl (C=O) groups excluding carboxylic acids is 1. The number of hydrogen-bond donors (Lipinski definition) is 1. The molecule has 2 aromatic heterocycles. The number of hydrogen-bond acceptors (Lipinski definition) is 5. The number of amides is 1. The van der Waals surface area contributed by atoms with Crippen LogP contribution < -0.4 is 15.6 Å². The van der Waals surface area contributed by atoms with Gasteiger partial charge in [0.05, 0.1) is 12.5 Å². The fourth-order valence-electron chi connectivity index (χ4n) is 2.14. The second-order valence-corrected chi connectivity index (χ2v) is 4.83. The number of benzene rings is 1. The third-order valence-electron chi connectivity index (χ3n) is 3.29. The first kappa shape index (κ1) is 14.7. The molecule has 0 aliphatic heterocycles. The van der Waals surface area contributed by atoms with E-state index in [0.29, 0.717) is 22.5 Å². The number of rotatable bonds is 4. The predicted molar refractivity (Wildman–Crippen MR) is 85.4 cm³/mol. The van der Waals surface area contributed by atoms with Gasteiger partial charge in [0.1, 0.15) is 18.6 Å². The van der Waals surface area contributed by atoms with Gasteiger partial charge in [0, 0.05) is 11.9 Å². The number of anilines is 1. The van der Waals surface area contributed by atoms with Gasteiger partial charge >= 0.3 is 0 Å². The van der Waals surface area contributed by atoms with Crippen molar-refractivity contribution in [3.63, 3.8) is 0 Å². The van der Waals surface area contributed by atoms with Crippen molar-refractivity contribution >= 4 is 22.6 Å². The summed E-state index contributed by atoms with van der Waals surface area (Å²) in [4.78, 5) is 32.5. The summed E-state index contributed by atoms with van der Waals surface area (Å²) < 4.78 is 6.31. The first-order valence-corrected chi connectivity index (χ1v) is 6.91. The molecule has 1 aromatic carbocycles. The molecule has 2 heterocycles. The summed E-state index contributed by atoms with van der Waals surface area (Å²) in [6.45, 7) is -0.122. The van der Waals surface area contributed by atoms with Gasteiger partial charge in [-0.25, -0.2) is 9.97 Å². The summed E-state index contributed by atoms with van der Waals surface area (Å²) >= 11 is 0. The second-order valence-electron chi connectivity index (χ2n) is 4.83. The maximum Gasteiger partial charge on any atom is 0.263 e. The van der Waals surface area contributed by atoms with Crippen LogP contribution in [0.4, 0.5) is 5.69 Å². The van der Waals surface area contributed by atoms with Crippen molar-refractivity contribution in [2.45, 2.75) is 6.54 Å². The Bertz CT molecular complexity index is 903. The molecule has 0 bridgehead atoms. The molecule has 3 aromatic rings. The molecule has 23 heavy (non-hydrogen) atoms. The molecule has 0 unspecified atom stereocenters. The van der Waals surface area contributed by atoms with Gasteiger partial charge in [-0.05, 0) is 36.4 Å². The second kappa shape index (κ2) is 6.27. The maximum atomic E-state index is 12.3. The minimum absolute atomic E-state index is 0.122. The summed E-state index contributed by atoms with van der Waals surface area (Å²) in [5.74, 6) is 0.382. The van der Waals surface area contributed by atoms with Crippen LogP contribution in [0.15, 0.2) is 53.7 Å². The summed E-state index contributed by atoms with van der Waals surface area (Å²) in [7, 11) is 1.57. The van der Waals surface area contributed by atoms with Crippen LogP contribution in [0, 0.1) is 0 Å². The molecular weight excluding hydrogens is 296 g/mol. The van der Waals surface area contributed by atoms with E-state index in [-0.39, 0.29) is 18.0 Å². The average Bonchev–Trinajstić information content (AvgIpc) is 2.58. The summed E-state index contributed by atoms with van der Waals surface area (Å²) in [6, 6.07) is 10.2. The Morgan fingerprint density at radius 2 is 2.00 bits per heavy atom. The van der Waals surface area contributed by atoms with Crippen molar-refractivity contribution < 1.29 is 9.53 Å². The molecule has 3 rings (SSSR count). The van der Waals surface area contributed by atoms with Crippen LogP contribution in [0.3, 0.4) is 0 Å². The Morgan fingerprint density at radius 3 is 2.74 bits per heavy atom. The average molecular weight is 310 g/mol. The lowest BCUT2D eigenvalue weighted by Gasteiger charge is -2.08. The van der Waals surface area contributed by atoms with E-state index in [2.05, 4.69) is 15.3 Å². The van der Waals surface area contributed by atoms with Gasteiger partial charge in [0.15, 0.2) is 5.65 Å². The number of nitrogens with one attached hydrogen (secondary N) is 1. The number of carbonyl (C=O) groups is 1. The number of fused-ring (bicyclic) bond motifs is 1. The summed E-state index contributed by atoms with van der Waals surface area (Å²) in [5, 5.41) is 3.10. The highest BCUT2D eigenvalue weighted by Gasteiger charge is 2.08. The molecule has 116 valence electrons. The van der Waals surface area contributed by atoms with Gasteiger partial charge in [-0.15, -0.1) is 0 Å². The van der Waals surface area contributed by atoms with Gasteiger partial charge in [-0.2, -0.15) is 0 Å². The smallest absolute Gasteiger partial charge is 0.263 e. The molecule has 0 aliphatic rings. The van der Waals surface area contributed by atoms with Gasteiger partial charge in [-0.3, -0.25) is 14.2 Å². The molecule has 1 amide bonds. The third-order valence-corrected chi connectivity index (χ3v) is 3.29. The molecule has 0 fully saturated rings. The number of pyridine rings is 1. The molecular formula is C16H14N4O3. The topological polar surface area (TPSA) is 86.1 Å². The van der Waals surface area contributed by atoms with Gasteiger partial charge < -0.3 is 10.1 Å². The van der Waals surface area contributed by atoms with E-state index in [1.807, 2.05) is 0 Å². The van der Waals surface area contributed by atoms with Crippen molar-refractivity contribution in [2.75, 3.05) is 12.4 Å². The van der Waals surface area contributed by atoms with E-state index in [0.717, 1.165) is 0 Å². The lowest BCUT2D eigenvalue weighted by Crippen LogP contribution is -2.28. The van der Waals surface area contributed by atoms with Crippen molar-refractivity contribution in [3.8, 4) is 5.75 Å². The van der Waals surface area contributed by atoms with Crippen LogP contribution in [-0.4, -0.2) is 27.6 Å². The highest BCUT2D eigenvalue weighted by molar-refractivity contribution is 5.90.